The van der Waals surface area contributed by atoms with Crippen LogP contribution in [-0.4, -0.2) is 29.2 Å². The van der Waals surface area contributed by atoms with E-state index in [9.17, 15) is 9.59 Å². The summed E-state index contributed by atoms with van der Waals surface area (Å²) in [7, 11) is 4.80. The lowest BCUT2D eigenvalue weighted by Gasteiger charge is -1.96. The fourth-order valence-electron chi connectivity index (χ4n) is 0.249. The zero-order valence-electron chi connectivity index (χ0n) is 6.31. The van der Waals surface area contributed by atoms with Gasteiger partial charge in [-0.15, -0.1) is 0 Å². The highest BCUT2D eigenvalue weighted by Crippen LogP contribution is 2.35. The number of carbonyl (C=O) groups excluding carboxylic acids is 1. The van der Waals surface area contributed by atoms with Crippen molar-refractivity contribution in [3.63, 3.8) is 0 Å². The number of carboxylic acids is 1. The molecule has 0 bridgehead atoms. The molecule has 1 N–H and O–H groups in total. The first-order valence-corrected chi connectivity index (χ1v) is 6.58. The maximum absolute atomic E-state index is 10.5. The molecule has 0 heterocycles. The van der Waals surface area contributed by atoms with Gasteiger partial charge in [-0.2, -0.15) is 0 Å². The molecule has 0 atom stereocenters. The van der Waals surface area contributed by atoms with E-state index in [4.69, 9.17) is 5.11 Å². The molecule has 0 amide bonds. The van der Waals surface area contributed by atoms with Crippen molar-refractivity contribution in [2.45, 2.75) is 6.42 Å². The molecular formula is C5H8O4S3. The predicted octanol–water partition coefficient (Wildman–Crippen LogP) is 2.26. The van der Waals surface area contributed by atoms with Gasteiger partial charge in [0.2, 0.25) is 0 Å². The molecule has 0 aromatic rings. The third-order valence-corrected chi connectivity index (χ3v) is 4.43. The quantitative estimate of drug-likeness (QED) is 0.440. The van der Waals surface area contributed by atoms with E-state index in [-0.39, 0.29) is 11.7 Å². The normalized spacial score (nSPS) is 9.42. The second kappa shape index (κ2) is 7.63. The minimum absolute atomic E-state index is 0.111. The average Bonchev–Trinajstić information content (AvgIpc) is 2.03. The molecular weight excluding hydrogens is 220 g/mol. The first-order valence-electron chi connectivity index (χ1n) is 2.92. The van der Waals surface area contributed by atoms with Gasteiger partial charge >= 0.3 is 11.3 Å². The lowest BCUT2D eigenvalue weighted by molar-refractivity contribution is -0.136. The first-order chi connectivity index (χ1) is 5.66. The van der Waals surface area contributed by atoms with Crippen LogP contribution in [0.15, 0.2) is 0 Å². The molecule has 0 spiro atoms. The minimum Gasteiger partial charge on any atom is -0.481 e. The van der Waals surface area contributed by atoms with Gasteiger partial charge in [0.25, 0.3) is 0 Å². The van der Waals surface area contributed by atoms with Crippen LogP contribution < -0.4 is 0 Å². The fourth-order valence-corrected chi connectivity index (χ4v) is 3.26. The Morgan fingerprint density at radius 1 is 1.50 bits per heavy atom. The van der Waals surface area contributed by atoms with Crippen LogP contribution in [0.3, 0.4) is 0 Å². The van der Waals surface area contributed by atoms with E-state index in [1.54, 1.807) is 0 Å². The highest BCUT2D eigenvalue weighted by Gasteiger charge is 2.02. The molecule has 0 radical (unpaired) electrons. The Labute approximate surface area is 81.6 Å². The van der Waals surface area contributed by atoms with Crippen molar-refractivity contribution in [2.24, 2.45) is 0 Å². The van der Waals surface area contributed by atoms with Gasteiger partial charge in [-0.1, -0.05) is 10.8 Å². The molecule has 0 aliphatic carbocycles. The standard InChI is InChI=1S/C5H8O4S3/c1-9-5(8)11-12-10-3-2-4(6)7/h2-3H2,1H3,(H,6,7). The van der Waals surface area contributed by atoms with Gasteiger partial charge < -0.3 is 9.84 Å². The van der Waals surface area contributed by atoms with Gasteiger partial charge in [0.05, 0.1) is 13.5 Å². The van der Waals surface area contributed by atoms with E-state index in [1.807, 2.05) is 0 Å². The molecule has 4 nitrogen and oxygen atoms in total. The molecule has 0 aromatic heterocycles. The summed E-state index contributed by atoms with van der Waals surface area (Å²) >= 11 is 0. The molecule has 0 saturated heterocycles. The van der Waals surface area contributed by atoms with E-state index in [0.29, 0.717) is 5.75 Å². The van der Waals surface area contributed by atoms with E-state index < -0.39 is 5.97 Å². The highest BCUT2D eigenvalue weighted by atomic mass is 33.5. The van der Waals surface area contributed by atoms with Crippen LogP contribution in [0, 0.1) is 0 Å². The molecule has 0 aromatic carbocycles. The summed E-state index contributed by atoms with van der Waals surface area (Å²) in [6.45, 7) is 0. The molecule has 12 heavy (non-hydrogen) atoms. The number of methoxy groups -OCH3 is 1. The Morgan fingerprint density at radius 3 is 2.67 bits per heavy atom. The topological polar surface area (TPSA) is 63.6 Å². The zero-order valence-corrected chi connectivity index (χ0v) is 8.76. The molecule has 0 unspecified atom stereocenters. The van der Waals surface area contributed by atoms with Crippen molar-refractivity contribution >= 4 is 42.7 Å². The van der Waals surface area contributed by atoms with E-state index in [0.717, 1.165) is 10.8 Å². The van der Waals surface area contributed by atoms with E-state index >= 15 is 0 Å². The molecule has 0 aliphatic heterocycles. The SMILES string of the molecule is COC(=O)SSSCCC(=O)O. The zero-order chi connectivity index (χ0) is 9.40. The lowest BCUT2D eigenvalue weighted by Crippen LogP contribution is -1.94. The van der Waals surface area contributed by atoms with Crippen LogP contribution in [0.25, 0.3) is 0 Å². The molecule has 70 valence electrons. The maximum atomic E-state index is 10.5. The summed E-state index contributed by atoms with van der Waals surface area (Å²) in [5.74, 6) is -0.338. The summed E-state index contributed by atoms with van der Waals surface area (Å²) in [5.41, 5.74) is 0. The first kappa shape index (κ1) is 12.0. The van der Waals surface area contributed by atoms with Gasteiger partial charge in [0, 0.05) is 16.5 Å². The summed E-state index contributed by atoms with van der Waals surface area (Å²) in [5, 5.41) is 7.87. The van der Waals surface area contributed by atoms with Crippen LogP contribution in [0.4, 0.5) is 4.79 Å². The third kappa shape index (κ3) is 8.09. The van der Waals surface area contributed by atoms with Crippen LogP contribution in [0.5, 0.6) is 0 Å². The number of carboxylic acid groups (broad SMARTS) is 1. The lowest BCUT2D eigenvalue weighted by atomic mass is 10.5. The average molecular weight is 228 g/mol. The van der Waals surface area contributed by atoms with Crippen LogP contribution in [-0.2, 0) is 9.53 Å². The molecule has 0 fully saturated rings. The Morgan fingerprint density at radius 2 is 2.17 bits per heavy atom. The molecule has 0 saturated carbocycles. The van der Waals surface area contributed by atoms with Gasteiger partial charge in [0.15, 0.2) is 0 Å². The molecule has 0 rings (SSSR count). The summed E-state index contributed by atoms with van der Waals surface area (Å²) in [6.07, 6.45) is 0.111. The maximum Gasteiger partial charge on any atom is 0.378 e. The number of ether oxygens (including phenoxy) is 1. The number of aliphatic carboxylic acids is 1. The van der Waals surface area contributed by atoms with Crippen molar-refractivity contribution in [1.29, 1.82) is 0 Å². The van der Waals surface area contributed by atoms with Gasteiger partial charge in [-0.05, 0) is 9.83 Å². The number of carbonyl (C=O) groups is 2. The number of rotatable bonds is 5. The molecule has 0 aliphatic rings. The van der Waals surface area contributed by atoms with Crippen LogP contribution in [0.2, 0.25) is 0 Å². The highest BCUT2D eigenvalue weighted by molar-refractivity contribution is 9.12. The third-order valence-electron chi connectivity index (χ3n) is 0.716. The van der Waals surface area contributed by atoms with Crippen molar-refractivity contribution < 1.29 is 19.4 Å². The van der Waals surface area contributed by atoms with Crippen molar-refractivity contribution in [1.82, 2.24) is 0 Å². The summed E-state index contributed by atoms with van der Waals surface area (Å²) in [4.78, 5) is 20.5. The van der Waals surface area contributed by atoms with Gasteiger partial charge in [0.1, 0.15) is 0 Å². The Hall–Kier alpha value is -0.0100. The minimum atomic E-state index is -0.828. The summed E-state index contributed by atoms with van der Waals surface area (Å²) in [6, 6.07) is 0. The summed E-state index contributed by atoms with van der Waals surface area (Å²) < 4.78 is 4.35. The Bertz CT molecular complexity index is 161. The van der Waals surface area contributed by atoms with Crippen molar-refractivity contribution in [2.75, 3.05) is 12.9 Å². The fraction of sp³-hybridized carbons (Fsp3) is 0.600. The Kier molecular flexibility index (Phi) is 7.62. The van der Waals surface area contributed by atoms with E-state index in [2.05, 4.69) is 4.74 Å². The smallest absolute Gasteiger partial charge is 0.378 e. The Balaban J connectivity index is 3.11. The largest absolute Gasteiger partial charge is 0.481 e. The monoisotopic (exact) mass is 228 g/mol. The van der Waals surface area contributed by atoms with Gasteiger partial charge in [-0.25, -0.2) is 4.79 Å². The van der Waals surface area contributed by atoms with Crippen LogP contribution >= 0.6 is 31.4 Å². The van der Waals surface area contributed by atoms with Crippen LogP contribution in [0.1, 0.15) is 6.42 Å². The van der Waals surface area contributed by atoms with Crippen molar-refractivity contribution in [3.8, 4) is 0 Å². The second-order valence-corrected chi connectivity index (χ2v) is 5.69. The second-order valence-electron chi connectivity index (χ2n) is 1.57. The number of hydrogen-bond acceptors (Lipinski definition) is 6. The van der Waals surface area contributed by atoms with E-state index in [1.165, 1.54) is 27.7 Å². The number of hydrogen-bond donors (Lipinski definition) is 1. The van der Waals surface area contributed by atoms with Gasteiger partial charge in [-0.3, -0.25) is 4.79 Å². The van der Waals surface area contributed by atoms with Crippen molar-refractivity contribution in [3.05, 3.63) is 0 Å². The molecule has 7 heteroatoms. The predicted molar refractivity (Wildman–Crippen MR) is 52.3 cm³/mol.